The average molecular weight is 418 g/mol. The highest BCUT2D eigenvalue weighted by Crippen LogP contribution is 2.28. The van der Waals surface area contributed by atoms with Gasteiger partial charge in [0.2, 0.25) is 11.7 Å². The summed E-state index contributed by atoms with van der Waals surface area (Å²) >= 11 is 0. The van der Waals surface area contributed by atoms with Gasteiger partial charge in [0.05, 0.1) is 5.56 Å². The zero-order valence-electron chi connectivity index (χ0n) is 17.7. The van der Waals surface area contributed by atoms with Crippen LogP contribution < -0.4 is 0 Å². The topological polar surface area (TPSA) is 64.2 Å². The number of hydrogen-bond donors (Lipinski definition) is 0. The van der Waals surface area contributed by atoms with Gasteiger partial charge >= 0.3 is 0 Å². The second-order valence-electron chi connectivity index (χ2n) is 7.54. The zero-order valence-corrected chi connectivity index (χ0v) is 17.7. The van der Waals surface area contributed by atoms with Crippen molar-refractivity contribution in [1.29, 1.82) is 0 Å². The minimum atomic E-state index is -0.321. The molecule has 7 heteroatoms. The summed E-state index contributed by atoms with van der Waals surface area (Å²) in [4.78, 5) is 19.0. The number of amides is 1. The van der Waals surface area contributed by atoms with Gasteiger partial charge in [-0.3, -0.25) is 4.79 Å². The zero-order chi connectivity index (χ0) is 22.0. The number of benzene rings is 2. The van der Waals surface area contributed by atoms with Crippen LogP contribution in [0.3, 0.4) is 0 Å². The Kier molecular flexibility index (Phi) is 5.66. The van der Waals surface area contributed by atoms with Crippen LogP contribution in [-0.2, 0) is 17.9 Å². The third kappa shape index (κ3) is 4.40. The highest BCUT2D eigenvalue weighted by molar-refractivity contribution is 5.76. The standard InChI is InChI=1S/C24H23FN4O2/c1-16-13-21(24-26-23(27-31-24)19-9-11-20(25)12-10-19)17(2)29(16)15-22(30)28(3)14-18-7-5-4-6-8-18/h4-13H,14-15H2,1-3H3. The fraction of sp³-hybridized carbons (Fsp3) is 0.208. The lowest BCUT2D eigenvalue weighted by atomic mass is 10.2. The Morgan fingerprint density at radius 2 is 1.81 bits per heavy atom. The Labute approximate surface area is 179 Å². The van der Waals surface area contributed by atoms with Gasteiger partial charge in [-0.25, -0.2) is 4.39 Å². The Bertz CT molecular complexity index is 1200. The van der Waals surface area contributed by atoms with Crippen molar-refractivity contribution in [2.75, 3.05) is 7.05 Å². The van der Waals surface area contributed by atoms with Crippen LogP contribution in [0.4, 0.5) is 4.39 Å². The van der Waals surface area contributed by atoms with Gasteiger partial charge in [0.25, 0.3) is 5.89 Å². The molecule has 2 aromatic heterocycles. The van der Waals surface area contributed by atoms with E-state index in [4.69, 9.17) is 4.52 Å². The van der Waals surface area contributed by atoms with Crippen LogP contribution in [0, 0.1) is 19.7 Å². The molecule has 0 aliphatic heterocycles. The van der Waals surface area contributed by atoms with Crippen molar-refractivity contribution in [3.63, 3.8) is 0 Å². The molecule has 0 aliphatic rings. The van der Waals surface area contributed by atoms with Gasteiger partial charge in [0.15, 0.2) is 0 Å². The van der Waals surface area contributed by atoms with Crippen LogP contribution in [0.2, 0.25) is 0 Å². The van der Waals surface area contributed by atoms with Gasteiger partial charge in [0, 0.05) is 30.5 Å². The first-order valence-corrected chi connectivity index (χ1v) is 9.97. The van der Waals surface area contributed by atoms with E-state index in [1.54, 1.807) is 24.1 Å². The molecular formula is C24H23FN4O2. The van der Waals surface area contributed by atoms with Crippen LogP contribution >= 0.6 is 0 Å². The first-order valence-electron chi connectivity index (χ1n) is 9.97. The molecule has 158 valence electrons. The van der Waals surface area contributed by atoms with Gasteiger partial charge in [-0.15, -0.1) is 0 Å². The van der Waals surface area contributed by atoms with E-state index >= 15 is 0 Å². The van der Waals surface area contributed by atoms with Crippen molar-refractivity contribution in [2.45, 2.75) is 26.9 Å². The predicted octanol–water partition coefficient (Wildman–Crippen LogP) is 4.62. The highest BCUT2D eigenvalue weighted by atomic mass is 19.1. The van der Waals surface area contributed by atoms with Gasteiger partial charge in [-0.1, -0.05) is 35.5 Å². The van der Waals surface area contributed by atoms with Gasteiger partial charge in [-0.2, -0.15) is 4.98 Å². The molecule has 1 amide bonds. The molecule has 4 rings (SSSR count). The molecule has 0 atom stereocenters. The molecule has 0 fully saturated rings. The first-order chi connectivity index (χ1) is 14.9. The molecule has 0 radical (unpaired) electrons. The summed E-state index contributed by atoms with van der Waals surface area (Å²) < 4.78 is 20.6. The maximum atomic E-state index is 13.2. The summed E-state index contributed by atoms with van der Waals surface area (Å²) in [5, 5.41) is 4.02. The number of rotatable bonds is 6. The fourth-order valence-corrected chi connectivity index (χ4v) is 3.51. The van der Waals surface area contributed by atoms with E-state index in [-0.39, 0.29) is 18.3 Å². The van der Waals surface area contributed by atoms with Crippen molar-refractivity contribution >= 4 is 5.91 Å². The second-order valence-corrected chi connectivity index (χ2v) is 7.54. The van der Waals surface area contributed by atoms with Crippen LogP contribution in [0.15, 0.2) is 65.2 Å². The molecule has 0 saturated heterocycles. The minimum Gasteiger partial charge on any atom is -0.340 e. The van der Waals surface area contributed by atoms with E-state index in [0.29, 0.717) is 23.8 Å². The monoisotopic (exact) mass is 418 g/mol. The molecule has 2 aromatic carbocycles. The summed E-state index contributed by atoms with van der Waals surface area (Å²) in [5.74, 6) is 0.440. The summed E-state index contributed by atoms with van der Waals surface area (Å²) in [7, 11) is 1.80. The Morgan fingerprint density at radius 1 is 1.10 bits per heavy atom. The number of aryl methyl sites for hydroxylation is 1. The maximum absolute atomic E-state index is 13.2. The quantitative estimate of drug-likeness (QED) is 0.458. The van der Waals surface area contributed by atoms with E-state index in [2.05, 4.69) is 10.1 Å². The Hall–Kier alpha value is -3.74. The molecule has 0 unspecified atom stereocenters. The van der Waals surface area contributed by atoms with E-state index < -0.39 is 0 Å². The van der Waals surface area contributed by atoms with Crippen molar-refractivity contribution in [3.8, 4) is 22.8 Å². The number of halogens is 1. The smallest absolute Gasteiger partial charge is 0.260 e. The number of carbonyl (C=O) groups is 1. The number of likely N-dealkylation sites (N-methyl/N-ethyl adjacent to an activating group) is 1. The van der Waals surface area contributed by atoms with Crippen molar-refractivity contribution < 1.29 is 13.7 Å². The molecule has 0 saturated carbocycles. The van der Waals surface area contributed by atoms with E-state index in [9.17, 15) is 9.18 Å². The largest absolute Gasteiger partial charge is 0.340 e. The van der Waals surface area contributed by atoms with Crippen molar-refractivity contribution in [3.05, 3.63) is 83.4 Å². The molecular weight excluding hydrogens is 395 g/mol. The summed E-state index contributed by atoms with van der Waals surface area (Å²) in [6.07, 6.45) is 0. The molecule has 0 bridgehead atoms. The Morgan fingerprint density at radius 3 is 2.52 bits per heavy atom. The van der Waals surface area contributed by atoms with Gasteiger partial charge in [-0.05, 0) is 49.7 Å². The normalized spacial score (nSPS) is 11.0. The van der Waals surface area contributed by atoms with E-state index in [0.717, 1.165) is 22.5 Å². The predicted molar refractivity (Wildman–Crippen MR) is 116 cm³/mol. The third-order valence-electron chi connectivity index (χ3n) is 5.31. The fourth-order valence-electron chi connectivity index (χ4n) is 3.51. The molecule has 0 spiro atoms. The summed E-state index contributed by atoms with van der Waals surface area (Å²) in [5.41, 5.74) is 4.32. The highest BCUT2D eigenvalue weighted by Gasteiger charge is 2.20. The number of carbonyl (C=O) groups excluding carboxylic acids is 1. The number of nitrogens with zero attached hydrogens (tertiary/aromatic N) is 4. The third-order valence-corrected chi connectivity index (χ3v) is 5.31. The van der Waals surface area contributed by atoms with Crippen LogP contribution in [0.5, 0.6) is 0 Å². The Balaban J connectivity index is 1.52. The molecule has 31 heavy (non-hydrogen) atoms. The SMILES string of the molecule is Cc1cc(-c2nc(-c3ccc(F)cc3)no2)c(C)n1CC(=O)N(C)Cc1ccccc1. The minimum absolute atomic E-state index is 0.00901. The maximum Gasteiger partial charge on any atom is 0.260 e. The van der Waals surface area contributed by atoms with Crippen molar-refractivity contribution in [1.82, 2.24) is 19.6 Å². The lowest BCUT2D eigenvalue weighted by Gasteiger charge is -2.19. The summed E-state index contributed by atoms with van der Waals surface area (Å²) in [6, 6.07) is 17.7. The van der Waals surface area contributed by atoms with E-state index in [1.165, 1.54) is 12.1 Å². The van der Waals surface area contributed by atoms with Crippen LogP contribution in [0.25, 0.3) is 22.8 Å². The number of aromatic nitrogens is 3. The molecule has 2 heterocycles. The second kappa shape index (κ2) is 8.55. The lowest BCUT2D eigenvalue weighted by Crippen LogP contribution is -2.30. The molecule has 0 aliphatic carbocycles. The molecule has 0 N–H and O–H groups in total. The molecule has 6 nitrogen and oxygen atoms in total. The van der Waals surface area contributed by atoms with Gasteiger partial charge in [0.1, 0.15) is 12.4 Å². The van der Waals surface area contributed by atoms with Crippen LogP contribution in [0.1, 0.15) is 17.0 Å². The van der Waals surface area contributed by atoms with E-state index in [1.807, 2.05) is 54.8 Å². The average Bonchev–Trinajstić information content (AvgIpc) is 3.35. The summed E-state index contributed by atoms with van der Waals surface area (Å²) in [6.45, 7) is 4.64. The van der Waals surface area contributed by atoms with Gasteiger partial charge < -0.3 is 14.0 Å². The first kappa shape index (κ1) is 20.5. The number of hydrogen-bond acceptors (Lipinski definition) is 4. The lowest BCUT2D eigenvalue weighted by molar-refractivity contribution is -0.131. The molecule has 4 aromatic rings. The van der Waals surface area contributed by atoms with Crippen molar-refractivity contribution in [2.24, 2.45) is 0 Å². The van der Waals surface area contributed by atoms with Crippen LogP contribution in [-0.4, -0.2) is 32.6 Å².